The molecule has 0 aliphatic carbocycles. The Morgan fingerprint density at radius 1 is 1.00 bits per heavy atom. The maximum atomic E-state index is 13.0. The van der Waals surface area contributed by atoms with Gasteiger partial charge in [-0.1, -0.05) is 60.3 Å². The van der Waals surface area contributed by atoms with E-state index in [0.29, 0.717) is 11.0 Å². The number of para-hydroxylation sites is 2. The van der Waals surface area contributed by atoms with Crippen LogP contribution in [0.1, 0.15) is 5.56 Å². The van der Waals surface area contributed by atoms with E-state index in [-0.39, 0.29) is 11.7 Å². The number of rotatable bonds is 6. The van der Waals surface area contributed by atoms with Gasteiger partial charge in [-0.2, -0.15) is 0 Å². The van der Waals surface area contributed by atoms with Crippen LogP contribution in [0.15, 0.2) is 84.0 Å². The number of aromatic nitrogens is 3. The molecule has 2 heterocycles. The summed E-state index contributed by atoms with van der Waals surface area (Å²) in [5.41, 5.74) is 4.07. The number of fused-ring (bicyclic) bond motifs is 1. The molecule has 0 spiro atoms. The maximum Gasteiger partial charge on any atom is 0.237 e. The molecule has 0 fully saturated rings. The normalized spacial score (nSPS) is 12.6. The average molecular weight is 443 g/mol. The standard InChI is InChI=1S/C25H22N4O2S/c1-31-21-12-7-9-19(16-21)24-26-27-25(29(24)20-10-3-2-4-11-20)32-17-23(30)28-15-14-18-8-5-6-13-22(18)28/h2-13,16H,14-15,17H2,1H3. The molecule has 7 heteroatoms. The lowest BCUT2D eigenvalue weighted by Gasteiger charge is -2.17. The van der Waals surface area contributed by atoms with Crippen LogP contribution in [-0.4, -0.2) is 40.1 Å². The molecule has 0 radical (unpaired) electrons. The zero-order chi connectivity index (χ0) is 21.9. The number of hydrogen-bond acceptors (Lipinski definition) is 5. The summed E-state index contributed by atoms with van der Waals surface area (Å²) >= 11 is 1.40. The van der Waals surface area contributed by atoms with Crippen molar-refractivity contribution < 1.29 is 9.53 Å². The van der Waals surface area contributed by atoms with Gasteiger partial charge in [0.1, 0.15) is 5.75 Å². The van der Waals surface area contributed by atoms with E-state index in [2.05, 4.69) is 16.3 Å². The first-order valence-electron chi connectivity index (χ1n) is 10.4. The molecule has 1 amide bonds. The summed E-state index contributed by atoms with van der Waals surface area (Å²) in [6.45, 7) is 0.721. The molecule has 160 valence electrons. The number of benzene rings is 3. The van der Waals surface area contributed by atoms with Crippen LogP contribution < -0.4 is 9.64 Å². The van der Waals surface area contributed by atoms with Crippen molar-refractivity contribution in [3.05, 3.63) is 84.4 Å². The van der Waals surface area contributed by atoms with Crippen molar-refractivity contribution in [2.24, 2.45) is 0 Å². The molecule has 6 nitrogen and oxygen atoms in total. The minimum Gasteiger partial charge on any atom is -0.497 e. The van der Waals surface area contributed by atoms with Gasteiger partial charge in [0.15, 0.2) is 11.0 Å². The van der Waals surface area contributed by atoms with Gasteiger partial charge in [-0.3, -0.25) is 9.36 Å². The summed E-state index contributed by atoms with van der Waals surface area (Å²) < 4.78 is 7.37. The first-order valence-corrected chi connectivity index (χ1v) is 11.4. The smallest absolute Gasteiger partial charge is 0.237 e. The molecular weight excluding hydrogens is 420 g/mol. The van der Waals surface area contributed by atoms with E-state index in [1.54, 1.807) is 7.11 Å². The number of anilines is 1. The zero-order valence-electron chi connectivity index (χ0n) is 17.6. The molecule has 1 aliphatic rings. The SMILES string of the molecule is COc1cccc(-c2nnc(SCC(=O)N3CCc4ccccc43)n2-c2ccccc2)c1. The van der Waals surface area contributed by atoms with E-state index in [1.165, 1.54) is 17.3 Å². The lowest BCUT2D eigenvalue weighted by atomic mass is 10.2. The summed E-state index contributed by atoms with van der Waals surface area (Å²) in [5.74, 6) is 1.82. The highest BCUT2D eigenvalue weighted by Crippen LogP contribution is 2.31. The lowest BCUT2D eigenvalue weighted by molar-refractivity contribution is -0.116. The van der Waals surface area contributed by atoms with Crippen molar-refractivity contribution in [1.82, 2.24) is 14.8 Å². The van der Waals surface area contributed by atoms with Crippen molar-refractivity contribution in [3.8, 4) is 22.8 Å². The number of amides is 1. The molecule has 1 aliphatic heterocycles. The number of carbonyl (C=O) groups excluding carboxylic acids is 1. The van der Waals surface area contributed by atoms with Gasteiger partial charge in [0.2, 0.25) is 5.91 Å². The number of nitrogens with zero attached hydrogens (tertiary/aromatic N) is 4. The van der Waals surface area contributed by atoms with Gasteiger partial charge < -0.3 is 9.64 Å². The Balaban J connectivity index is 1.44. The second kappa shape index (κ2) is 8.88. The highest BCUT2D eigenvalue weighted by Gasteiger charge is 2.25. The van der Waals surface area contributed by atoms with Crippen LogP contribution in [0.5, 0.6) is 5.75 Å². The Hall–Kier alpha value is -3.58. The van der Waals surface area contributed by atoms with E-state index in [1.807, 2.05) is 82.3 Å². The minimum atomic E-state index is 0.0745. The second-order valence-corrected chi connectivity index (χ2v) is 8.36. The zero-order valence-corrected chi connectivity index (χ0v) is 18.5. The first kappa shape index (κ1) is 20.3. The van der Waals surface area contributed by atoms with Crippen LogP contribution in [0.3, 0.4) is 0 Å². The summed E-state index contributed by atoms with van der Waals surface area (Å²) in [7, 11) is 1.64. The van der Waals surface area contributed by atoms with Crippen molar-refractivity contribution >= 4 is 23.4 Å². The molecule has 3 aromatic carbocycles. The quantitative estimate of drug-likeness (QED) is 0.408. The Morgan fingerprint density at radius 3 is 2.66 bits per heavy atom. The van der Waals surface area contributed by atoms with Crippen LogP contribution in [0.25, 0.3) is 17.1 Å². The van der Waals surface area contributed by atoms with Gasteiger partial charge in [-0.05, 0) is 42.3 Å². The van der Waals surface area contributed by atoms with E-state index < -0.39 is 0 Å². The Kier molecular flexibility index (Phi) is 5.64. The first-order chi connectivity index (χ1) is 15.7. The molecule has 32 heavy (non-hydrogen) atoms. The topological polar surface area (TPSA) is 60.3 Å². The Bertz CT molecular complexity index is 1260. The van der Waals surface area contributed by atoms with Gasteiger partial charge in [-0.25, -0.2) is 0 Å². The molecule has 0 unspecified atom stereocenters. The average Bonchev–Trinajstić information content (AvgIpc) is 3.48. The van der Waals surface area contributed by atoms with Crippen LogP contribution in [0.4, 0.5) is 5.69 Å². The lowest BCUT2D eigenvalue weighted by Crippen LogP contribution is -2.30. The molecule has 5 rings (SSSR count). The number of ether oxygens (including phenoxy) is 1. The number of hydrogen-bond donors (Lipinski definition) is 0. The minimum absolute atomic E-state index is 0.0745. The summed E-state index contributed by atoms with van der Waals surface area (Å²) in [5, 5.41) is 9.57. The molecule has 1 aromatic heterocycles. The van der Waals surface area contributed by atoms with Crippen molar-refractivity contribution in [1.29, 1.82) is 0 Å². The number of carbonyl (C=O) groups is 1. The van der Waals surface area contributed by atoms with Crippen molar-refractivity contribution in [2.75, 3.05) is 24.3 Å². The van der Waals surface area contributed by atoms with Crippen LogP contribution in [0.2, 0.25) is 0 Å². The van der Waals surface area contributed by atoms with E-state index in [9.17, 15) is 4.79 Å². The Morgan fingerprint density at radius 2 is 1.81 bits per heavy atom. The fourth-order valence-electron chi connectivity index (χ4n) is 3.92. The molecule has 0 atom stereocenters. The molecule has 0 N–H and O–H groups in total. The molecule has 4 aromatic rings. The third-order valence-corrected chi connectivity index (χ3v) is 6.40. The van der Waals surface area contributed by atoms with Crippen molar-refractivity contribution in [2.45, 2.75) is 11.6 Å². The van der Waals surface area contributed by atoms with Crippen LogP contribution in [0, 0.1) is 0 Å². The monoisotopic (exact) mass is 442 g/mol. The van der Waals surface area contributed by atoms with Gasteiger partial charge in [0, 0.05) is 23.5 Å². The Labute approximate surface area is 190 Å². The molecular formula is C25H22N4O2S. The second-order valence-electron chi connectivity index (χ2n) is 7.42. The van der Waals surface area contributed by atoms with Gasteiger partial charge in [-0.15, -0.1) is 10.2 Å². The molecule has 0 saturated heterocycles. The van der Waals surface area contributed by atoms with E-state index in [4.69, 9.17) is 4.74 Å². The fraction of sp³-hybridized carbons (Fsp3) is 0.160. The molecule has 0 saturated carbocycles. The van der Waals surface area contributed by atoms with Gasteiger partial charge in [0.25, 0.3) is 0 Å². The highest BCUT2D eigenvalue weighted by molar-refractivity contribution is 7.99. The molecule has 0 bridgehead atoms. The number of thioether (sulfide) groups is 1. The van der Waals surface area contributed by atoms with Crippen LogP contribution in [-0.2, 0) is 11.2 Å². The summed E-state index contributed by atoms with van der Waals surface area (Å²) in [6.07, 6.45) is 0.896. The predicted octanol–water partition coefficient (Wildman–Crippen LogP) is 4.62. The predicted molar refractivity (Wildman–Crippen MR) is 127 cm³/mol. The number of methoxy groups -OCH3 is 1. The highest BCUT2D eigenvalue weighted by atomic mass is 32.2. The van der Waals surface area contributed by atoms with E-state index in [0.717, 1.165) is 35.7 Å². The van der Waals surface area contributed by atoms with Crippen LogP contribution >= 0.6 is 11.8 Å². The summed E-state index contributed by atoms with van der Waals surface area (Å²) in [4.78, 5) is 14.9. The fourth-order valence-corrected chi connectivity index (χ4v) is 4.75. The maximum absolute atomic E-state index is 13.0. The largest absolute Gasteiger partial charge is 0.497 e. The third-order valence-electron chi connectivity index (χ3n) is 5.49. The third kappa shape index (κ3) is 3.87. The van der Waals surface area contributed by atoms with E-state index >= 15 is 0 Å². The van der Waals surface area contributed by atoms with Gasteiger partial charge in [0.05, 0.1) is 12.9 Å². The summed E-state index contributed by atoms with van der Waals surface area (Å²) in [6, 6.07) is 25.8. The van der Waals surface area contributed by atoms with Crippen molar-refractivity contribution in [3.63, 3.8) is 0 Å². The van der Waals surface area contributed by atoms with Gasteiger partial charge >= 0.3 is 0 Å².